The zero-order valence-electron chi connectivity index (χ0n) is 8.84. The van der Waals surface area contributed by atoms with E-state index in [1.54, 1.807) is 19.1 Å². The van der Waals surface area contributed by atoms with Gasteiger partial charge in [-0.3, -0.25) is 4.79 Å². The maximum atomic E-state index is 12.8. The van der Waals surface area contributed by atoms with Crippen LogP contribution in [-0.2, 0) is 10.2 Å². The third-order valence-corrected chi connectivity index (χ3v) is 3.12. The van der Waals surface area contributed by atoms with Gasteiger partial charge < -0.3 is 5.11 Å². The molecular weight excluding hydrogens is 214 g/mol. The summed E-state index contributed by atoms with van der Waals surface area (Å²) in [6.07, 6.45) is -1.72. The van der Waals surface area contributed by atoms with Crippen molar-refractivity contribution in [2.24, 2.45) is 0 Å². The highest BCUT2D eigenvalue weighted by atomic mass is 19.3. The number of carboxylic acid groups (broad SMARTS) is 1. The molecule has 2 rings (SSSR count). The molecule has 0 heterocycles. The Morgan fingerprint density at radius 2 is 2.06 bits per heavy atom. The monoisotopic (exact) mass is 226 g/mol. The van der Waals surface area contributed by atoms with E-state index in [1.807, 2.05) is 0 Å². The number of hydrogen-bond acceptors (Lipinski definition) is 1. The Morgan fingerprint density at radius 1 is 1.44 bits per heavy atom. The van der Waals surface area contributed by atoms with Crippen LogP contribution in [0.2, 0.25) is 0 Å². The van der Waals surface area contributed by atoms with Gasteiger partial charge in [-0.25, -0.2) is 8.78 Å². The number of carboxylic acids is 1. The van der Waals surface area contributed by atoms with E-state index < -0.39 is 17.8 Å². The summed E-state index contributed by atoms with van der Waals surface area (Å²) in [5, 5.41) is 9.11. The molecule has 0 amide bonds. The third-order valence-electron chi connectivity index (χ3n) is 3.12. The molecule has 0 unspecified atom stereocenters. The predicted molar refractivity (Wildman–Crippen MR) is 54.7 cm³/mol. The van der Waals surface area contributed by atoms with Gasteiger partial charge in [0, 0.05) is 5.56 Å². The first-order valence-electron chi connectivity index (χ1n) is 5.10. The van der Waals surface area contributed by atoms with Gasteiger partial charge in [-0.1, -0.05) is 23.8 Å². The van der Waals surface area contributed by atoms with E-state index in [0.717, 1.165) is 5.56 Å². The van der Waals surface area contributed by atoms with Crippen LogP contribution in [0.25, 0.3) is 0 Å². The van der Waals surface area contributed by atoms with E-state index in [2.05, 4.69) is 0 Å². The summed E-state index contributed by atoms with van der Waals surface area (Å²) in [4.78, 5) is 11.1. The minimum atomic E-state index is -2.62. The van der Waals surface area contributed by atoms with Crippen LogP contribution in [0.5, 0.6) is 0 Å². The average Bonchev–Trinajstić information content (AvgIpc) is 2.97. The SMILES string of the molecule is Cc1ccc(C(F)F)c(C2(C(=O)O)CC2)c1. The van der Waals surface area contributed by atoms with E-state index in [1.165, 1.54) is 6.07 Å². The van der Waals surface area contributed by atoms with Crippen LogP contribution in [0.15, 0.2) is 18.2 Å². The molecule has 0 aromatic heterocycles. The summed E-state index contributed by atoms with van der Waals surface area (Å²) >= 11 is 0. The fourth-order valence-corrected chi connectivity index (χ4v) is 2.00. The van der Waals surface area contributed by atoms with Gasteiger partial charge in [0.1, 0.15) is 0 Å². The highest BCUT2D eigenvalue weighted by molar-refractivity contribution is 5.85. The summed E-state index contributed by atoms with van der Waals surface area (Å²) in [7, 11) is 0. The molecule has 1 saturated carbocycles. The third kappa shape index (κ3) is 1.58. The van der Waals surface area contributed by atoms with Crippen LogP contribution in [-0.4, -0.2) is 11.1 Å². The van der Waals surface area contributed by atoms with E-state index in [-0.39, 0.29) is 11.1 Å². The van der Waals surface area contributed by atoms with Gasteiger partial charge in [-0.05, 0) is 25.3 Å². The molecule has 0 radical (unpaired) electrons. The van der Waals surface area contributed by atoms with Gasteiger partial charge in [0.05, 0.1) is 5.41 Å². The molecule has 0 atom stereocenters. The number of rotatable bonds is 3. The standard InChI is InChI=1S/C12H12F2O2/c1-7-2-3-8(10(13)14)9(6-7)12(4-5-12)11(15)16/h2-3,6,10H,4-5H2,1H3,(H,15,16). The summed E-state index contributed by atoms with van der Waals surface area (Å²) in [5.41, 5.74) is -0.106. The van der Waals surface area contributed by atoms with Crippen LogP contribution in [0.3, 0.4) is 0 Å². The molecule has 1 aromatic carbocycles. The van der Waals surface area contributed by atoms with E-state index in [0.29, 0.717) is 12.8 Å². The summed E-state index contributed by atoms with van der Waals surface area (Å²) in [6.45, 7) is 1.77. The lowest BCUT2D eigenvalue weighted by molar-refractivity contribution is -0.140. The van der Waals surface area contributed by atoms with Crippen molar-refractivity contribution in [1.29, 1.82) is 0 Å². The Bertz CT molecular complexity index is 437. The zero-order valence-corrected chi connectivity index (χ0v) is 8.84. The minimum absolute atomic E-state index is 0.148. The lowest BCUT2D eigenvalue weighted by Gasteiger charge is -2.16. The smallest absolute Gasteiger partial charge is 0.314 e. The molecule has 16 heavy (non-hydrogen) atoms. The van der Waals surface area contributed by atoms with Gasteiger partial charge in [0.2, 0.25) is 0 Å². The van der Waals surface area contributed by atoms with Gasteiger partial charge in [0.15, 0.2) is 0 Å². The van der Waals surface area contributed by atoms with E-state index in [9.17, 15) is 13.6 Å². The fourth-order valence-electron chi connectivity index (χ4n) is 2.00. The van der Waals surface area contributed by atoms with Crippen molar-refractivity contribution in [3.05, 3.63) is 34.9 Å². The molecule has 1 aliphatic rings. The van der Waals surface area contributed by atoms with Gasteiger partial charge in [-0.15, -0.1) is 0 Å². The Hall–Kier alpha value is -1.45. The summed E-state index contributed by atoms with van der Waals surface area (Å²) < 4.78 is 25.6. The van der Waals surface area contributed by atoms with Crippen LogP contribution in [0.4, 0.5) is 8.78 Å². The molecule has 1 fully saturated rings. The molecule has 86 valence electrons. The second kappa shape index (κ2) is 3.54. The summed E-state index contributed by atoms with van der Waals surface area (Å²) in [6, 6.07) is 4.49. The second-order valence-corrected chi connectivity index (χ2v) is 4.28. The van der Waals surface area contributed by atoms with Crippen molar-refractivity contribution in [1.82, 2.24) is 0 Å². The van der Waals surface area contributed by atoms with Crippen molar-refractivity contribution in [2.75, 3.05) is 0 Å². The van der Waals surface area contributed by atoms with Crippen molar-refractivity contribution in [3.63, 3.8) is 0 Å². The molecule has 0 saturated heterocycles. The Kier molecular flexibility index (Phi) is 2.45. The summed E-state index contributed by atoms with van der Waals surface area (Å²) in [5.74, 6) is -1.000. The first-order valence-corrected chi connectivity index (χ1v) is 5.10. The van der Waals surface area contributed by atoms with Crippen molar-refractivity contribution >= 4 is 5.97 Å². The molecule has 1 aliphatic carbocycles. The normalized spacial score (nSPS) is 17.5. The number of carbonyl (C=O) groups is 1. The number of halogens is 2. The second-order valence-electron chi connectivity index (χ2n) is 4.28. The van der Waals surface area contributed by atoms with E-state index in [4.69, 9.17) is 5.11 Å². The molecule has 0 spiro atoms. The predicted octanol–water partition coefficient (Wildman–Crippen LogP) is 3.05. The zero-order chi connectivity index (χ0) is 11.9. The van der Waals surface area contributed by atoms with Crippen molar-refractivity contribution < 1.29 is 18.7 Å². The van der Waals surface area contributed by atoms with Gasteiger partial charge in [-0.2, -0.15) is 0 Å². The molecule has 2 nitrogen and oxygen atoms in total. The quantitative estimate of drug-likeness (QED) is 0.860. The maximum absolute atomic E-state index is 12.8. The lowest BCUT2D eigenvalue weighted by atomic mass is 9.90. The van der Waals surface area contributed by atoms with Crippen LogP contribution in [0.1, 0.15) is 36.0 Å². The van der Waals surface area contributed by atoms with Crippen LogP contribution >= 0.6 is 0 Å². The first-order chi connectivity index (χ1) is 7.47. The Morgan fingerprint density at radius 3 is 2.50 bits per heavy atom. The molecule has 0 aliphatic heterocycles. The average molecular weight is 226 g/mol. The number of benzene rings is 1. The van der Waals surface area contributed by atoms with Crippen LogP contribution in [0, 0.1) is 6.92 Å². The number of aryl methyl sites for hydroxylation is 1. The highest BCUT2D eigenvalue weighted by Gasteiger charge is 2.53. The topological polar surface area (TPSA) is 37.3 Å². The Balaban J connectivity index is 2.54. The first kappa shape index (κ1) is 11.0. The molecule has 1 aromatic rings. The molecule has 1 N–H and O–H groups in total. The molecule has 0 bridgehead atoms. The lowest BCUT2D eigenvalue weighted by Crippen LogP contribution is -2.21. The Labute approximate surface area is 91.9 Å². The van der Waals surface area contributed by atoms with Crippen LogP contribution < -0.4 is 0 Å². The molecular formula is C12H12F2O2. The van der Waals surface area contributed by atoms with Gasteiger partial charge >= 0.3 is 5.97 Å². The number of alkyl halides is 2. The van der Waals surface area contributed by atoms with Crippen molar-refractivity contribution in [3.8, 4) is 0 Å². The fraction of sp³-hybridized carbons (Fsp3) is 0.417. The van der Waals surface area contributed by atoms with Crippen molar-refractivity contribution in [2.45, 2.75) is 31.6 Å². The largest absolute Gasteiger partial charge is 0.481 e. The van der Waals surface area contributed by atoms with Gasteiger partial charge in [0.25, 0.3) is 6.43 Å². The maximum Gasteiger partial charge on any atom is 0.314 e. The number of aliphatic carboxylic acids is 1. The van der Waals surface area contributed by atoms with E-state index >= 15 is 0 Å². The molecule has 4 heteroatoms. The minimum Gasteiger partial charge on any atom is -0.481 e. The number of hydrogen-bond donors (Lipinski definition) is 1. The highest BCUT2D eigenvalue weighted by Crippen LogP contribution is 2.51.